The van der Waals surface area contributed by atoms with Crippen molar-refractivity contribution in [2.75, 3.05) is 13.2 Å². The maximum absolute atomic E-state index is 13.0. The van der Waals surface area contributed by atoms with Gasteiger partial charge in [-0.15, -0.1) is 0 Å². The highest BCUT2D eigenvalue weighted by Crippen LogP contribution is 2.40. The van der Waals surface area contributed by atoms with Gasteiger partial charge in [0.1, 0.15) is 41.4 Å². The number of benzene rings is 1. The van der Waals surface area contributed by atoms with Gasteiger partial charge in [0.2, 0.25) is 0 Å². The number of nitrogens with two attached hydrogens (primary N) is 1. The van der Waals surface area contributed by atoms with Crippen LogP contribution < -0.4 is 16.0 Å². The van der Waals surface area contributed by atoms with Gasteiger partial charge in [0.15, 0.2) is 12.0 Å². The Bertz CT molecular complexity index is 1390. The summed E-state index contributed by atoms with van der Waals surface area (Å²) >= 11 is 3.39. The molecule has 15 heteroatoms. The zero-order chi connectivity index (χ0) is 36.1. The van der Waals surface area contributed by atoms with Gasteiger partial charge in [-0.25, -0.2) is 9.59 Å². The van der Waals surface area contributed by atoms with E-state index in [0.29, 0.717) is 37.2 Å². The Morgan fingerprint density at radius 1 is 1.04 bits per heavy atom. The topological polar surface area (TPSA) is 174 Å². The van der Waals surface area contributed by atoms with Crippen LogP contribution in [-0.2, 0) is 28.5 Å². The van der Waals surface area contributed by atoms with Crippen molar-refractivity contribution in [3.63, 3.8) is 0 Å². The first kappa shape index (κ1) is 38.7. The molecule has 14 nitrogen and oxygen atoms in total. The molecule has 0 saturated carbocycles. The van der Waals surface area contributed by atoms with Crippen molar-refractivity contribution in [1.29, 1.82) is 0 Å². The zero-order valence-electron chi connectivity index (χ0n) is 29.5. The molecule has 4 rings (SSSR count). The minimum Gasteiger partial charge on any atom is -0.458 e. The van der Waals surface area contributed by atoms with E-state index in [1.165, 1.54) is 0 Å². The predicted octanol–water partition coefficient (Wildman–Crippen LogP) is 2.90. The highest BCUT2D eigenvalue weighted by molar-refractivity contribution is 9.10. The van der Waals surface area contributed by atoms with Crippen molar-refractivity contribution in [3.8, 4) is 0 Å². The summed E-state index contributed by atoms with van der Waals surface area (Å²) < 4.78 is 30.3. The van der Waals surface area contributed by atoms with Crippen LogP contribution >= 0.6 is 15.9 Å². The van der Waals surface area contributed by atoms with Crippen LogP contribution in [0.4, 0.5) is 4.79 Å². The van der Waals surface area contributed by atoms with E-state index in [4.69, 9.17) is 28.7 Å². The van der Waals surface area contributed by atoms with Crippen LogP contribution in [0, 0.1) is 0 Å². The number of quaternary nitrogens is 1. The van der Waals surface area contributed by atoms with Gasteiger partial charge in [-0.05, 0) is 105 Å². The lowest BCUT2D eigenvalue weighted by atomic mass is 10.1. The molecule has 5 N–H and O–H groups in total. The summed E-state index contributed by atoms with van der Waals surface area (Å²) in [4.78, 5) is 45.2. The number of amides is 2. The van der Waals surface area contributed by atoms with Gasteiger partial charge >= 0.3 is 12.1 Å². The summed E-state index contributed by atoms with van der Waals surface area (Å²) in [5.41, 5.74) is -0.965. The van der Waals surface area contributed by atoms with Gasteiger partial charge in [0.05, 0.1) is 13.2 Å². The Morgan fingerprint density at radius 2 is 1.69 bits per heavy atom. The largest absolute Gasteiger partial charge is 0.458 e. The first-order valence-electron chi connectivity index (χ1n) is 16.6. The number of aliphatic hydroxyl groups excluding tert-OH is 1. The van der Waals surface area contributed by atoms with Crippen LogP contribution in [0.1, 0.15) is 85.0 Å². The molecule has 2 saturated heterocycles. The van der Waals surface area contributed by atoms with E-state index in [9.17, 15) is 19.5 Å². The van der Waals surface area contributed by atoms with Crippen molar-refractivity contribution >= 4 is 39.7 Å². The number of hydrogen-bond acceptors (Lipinski definition) is 11. The molecular weight excluding hydrogens is 702 g/mol. The molecule has 2 fully saturated rings. The Morgan fingerprint density at radius 3 is 2.33 bits per heavy atom. The number of ether oxygens (including phenoxy) is 5. The number of fused-ring (bicyclic) bond motifs is 1. The van der Waals surface area contributed by atoms with Crippen LogP contribution in [-0.4, -0.2) is 101 Å². The third kappa shape index (κ3) is 11.2. The molecular formula is C34H51BrN5O9+. The van der Waals surface area contributed by atoms with Gasteiger partial charge in [-0.2, -0.15) is 4.99 Å². The van der Waals surface area contributed by atoms with Crippen molar-refractivity contribution in [2.24, 2.45) is 4.99 Å². The molecule has 0 spiro atoms. The predicted molar refractivity (Wildman–Crippen MR) is 183 cm³/mol. The van der Waals surface area contributed by atoms with Crippen LogP contribution in [0.2, 0.25) is 0 Å². The van der Waals surface area contributed by atoms with Crippen molar-refractivity contribution in [2.45, 2.75) is 129 Å². The van der Waals surface area contributed by atoms with E-state index >= 15 is 0 Å². The van der Waals surface area contributed by atoms with Crippen LogP contribution in [0.15, 0.2) is 46.0 Å². The number of nitrogens with one attached hydrogen (secondary N) is 2. The molecule has 3 heterocycles. The smallest absolute Gasteiger partial charge is 0.408 e. The summed E-state index contributed by atoms with van der Waals surface area (Å²) in [6, 6.07) is 6.12. The average molecular weight is 754 g/mol. The number of rotatable bonds is 11. The highest BCUT2D eigenvalue weighted by Gasteiger charge is 2.57. The second kappa shape index (κ2) is 15.9. The molecule has 2 amide bonds. The molecule has 3 aliphatic heterocycles. The van der Waals surface area contributed by atoms with E-state index in [0.717, 1.165) is 4.47 Å². The maximum Gasteiger partial charge on any atom is 0.408 e. The normalized spacial score (nSPS) is 25.3. The molecule has 0 radical (unpaired) electrons. The fraction of sp³-hybridized carbons (Fsp3) is 0.647. The number of esters is 1. The van der Waals surface area contributed by atoms with Gasteiger partial charge in [0, 0.05) is 16.2 Å². The standard InChI is InChI=1S/C34H50BrN5O9/c1-32(2,3)48-29(43)22(37-31(44)49-33(4,5)6)11-9-10-17-36-30-39-24(38-27(42)20-12-14-21(35)15-13-20)16-18-40(30)28-26-25(23(19-41)45-28)46-34(7,8)47-26/h12-16,18,22-23,25-26,28,30,36,41H,9-11,17,19H2,1-8H3,(H,37,44)(H,38,39,42)/p+1/t22-,23+,25+,26+,28+,30?/m0/s1. The fourth-order valence-corrected chi connectivity index (χ4v) is 5.91. The Balaban J connectivity index is 1.44. The van der Waals surface area contributed by atoms with Crippen LogP contribution in [0.5, 0.6) is 0 Å². The molecule has 0 aromatic heterocycles. The van der Waals surface area contributed by atoms with Gasteiger partial charge in [-0.3, -0.25) is 9.69 Å². The Hall–Kier alpha value is -3.08. The van der Waals surface area contributed by atoms with Crippen LogP contribution in [0.25, 0.3) is 0 Å². The SMILES string of the molecule is CC(C)(C)OC(=O)N[C@@H](CCCC[NH2+]C1N=C(NC(=O)c2ccc(Br)cc2)C=CN1[C@@H]1O[C@H](CO)[C@H]2OC(C)(C)O[C@H]21)C(=O)OC(C)(C)C. The lowest BCUT2D eigenvalue weighted by Crippen LogP contribution is -2.93. The number of aliphatic imine (C=N–C) groups is 1. The number of hydrogen-bond donors (Lipinski definition) is 4. The fourth-order valence-electron chi connectivity index (χ4n) is 5.65. The summed E-state index contributed by atoms with van der Waals surface area (Å²) in [7, 11) is 0. The number of unbranched alkanes of at least 4 members (excludes halogenated alkanes) is 1. The van der Waals surface area contributed by atoms with E-state index < -0.39 is 65.9 Å². The number of amidine groups is 1. The molecule has 49 heavy (non-hydrogen) atoms. The van der Waals surface area contributed by atoms with E-state index in [2.05, 4.69) is 26.6 Å². The molecule has 1 unspecified atom stereocenters. The molecule has 3 aliphatic rings. The first-order chi connectivity index (χ1) is 22.8. The van der Waals surface area contributed by atoms with Gasteiger partial charge in [0.25, 0.3) is 12.2 Å². The maximum atomic E-state index is 13.0. The van der Waals surface area contributed by atoms with E-state index in [1.54, 1.807) is 78.1 Å². The molecule has 1 aromatic rings. The van der Waals surface area contributed by atoms with E-state index in [-0.39, 0.29) is 12.5 Å². The Kier molecular flexibility index (Phi) is 12.5. The molecule has 272 valence electrons. The quantitative estimate of drug-likeness (QED) is 0.195. The number of aliphatic hydroxyl groups is 1. The van der Waals surface area contributed by atoms with Crippen molar-refractivity contribution in [1.82, 2.24) is 15.5 Å². The molecule has 0 bridgehead atoms. The zero-order valence-corrected chi connectivity index (χ0v) is 31.1. The number of carbonyl (C=O) groups excluding carboxylic acids is 3. The summed E-state index contributed by atoms with van der Waals surface area (Å²) in [5, 5.41) is 17.6. The third-order valence-corrected chi connectivity index (χ3v) is 8.16. The third-order valence-electron chi connectivity index (χ3n) is 7.64. The van der Waals surface area contributed by atoms with E-state index in [1.807, 2.05) is 24.1 Å². The number of nitrogens with zero attached hydrogens (tertiary/aromatic N) is 2. The minimum atomic E-state index is -0.885. The second-order valence-corrected chi connectivity index (χ2v) is 15.6. The number of carbonyl (C=O) groups is 3. The highest BCUT2D eigenvalue weighted by atomic mass is 79.9. The summed E-state index contributed by atoms with van der Waals surface area (Å²) in [6.45, 7) is 14.6. The molecule has 0 aliphatic carbocycles. The van der Waals surface area contributed by atoms with Gasteiger partial charge < -0.3 is 44.7 Å². The number of alkyl carbamates (subject to hydrolysis) is 1. The summed E-state index contributed by atoms with van der Waals surface area (Å²) in [6.07, 6.45) is 1.64. The molecule has 1 aromatic carbocycles. The number of halogens is 1. The van der Waals surface area contributed by atoms with Crippen molar-refractivity contribution in [3.05, 3.63) is 46.6 Å². The lowest BCUT2D eigenvalue weighted by molar-refractivity contribution is -0.708. The second-order valence-electron chi connectivity index (χ2n) is 14.7. The monoisotopic (exact) mass is 752 g/mol. The Labute approximate surface area is 296 Å². The lowest BCUT2D eigenvalue weighted by Gasteiger charge is -2.35. The molecule has 6 atom stereocenters. The first-order valence-corrected chi connectivity index (χ1v) is 17.4. The van der Waals surface area contributed by atoms with Gasteiger partial charge in [-0.1, -0.05) is 15.9 Å². The average Bonchev–Trinajstić information content (AvgIpc) is 3.47. The summed E-state index contributed by atoms with van der Waals surface area (Å²) in [5.74, 6) is -1.32. The van der Waals surface area contributed by atoms with Crippen molar-refractivity contribution < 1.29 is 48.5 Å². The minimum absolute atomic E-state index is 0.239. The van der Waals surface area contributed by atoms with Crippen LogP contribution in [0.3, 0.4) is 0 Å².